The Bertz CT molecular complexity index is 549. The molecule has 1 aromatic carbocycles. The molecule has 0 aliphatic carbocycles. The van der Waals surface area contributed by atoms with Crippen molar-refractivity contribution >= 4 is 5.88 Å². The Kier molecular flexibility index (Phi) is 3.41. The van der Waals surface area contributed by atoms with Crippen LogP contribution in [0.3, 0.4) is 0 Å². The van der Waals surface area contributed by atoms with E-state index >= 15 is 0 Å². The average molecular weight is 248 g/mol. The van der Waals surface area contributed by atoms with E-state index in [1.54, 1.807) is 20.4 Å². The van der Waals surface area contributed by atoms with Crippen molar-refractivity contribution < 1.29 is 14.0 Å². The van der Waals surface area contributed by atoms with Crippen LogP contribution in [0.2, 0.25) is 0 Å². The van der Waals surface area contributed by atoms with Gasteiger partial charge in [-0.1, -0.05) is 12.1 Å². The zero-order chi connectivity index (χ0) is 13.1. The quantitative estimate of drug-likeness (QED) is 0.900. The Morgan fingerprint density at radius 2 is 1.89 bits per heavy atom. The highest BCUT2D eigenvalue weighted by molar-refractivity contribution is 5.81. The van der Waals surface area contributed by atoms with Crippen LogP contribution in [-0.2, 0) is 6.42 Å². The van der Waals surface area contributed by atoms with Crippen LogP contribution >= 0.6 is 0 Å². The first-order valence-electron chi connectivity index (χ1n) is 5.67. The molecule has 96 valence electrons. The van der Waals surface area contributed by atoms with Gasteiger partial charge >= 0.3 is 0 Å². The van der Waals surface area contributed by atoms with Gasteiger partial charge in [-0.25, -0.2) is 0 Å². The third-order valence-corrected chi connectivity index (χ3v) is 2.89. The highest BCUT2D eigenvalue weighted by Gasteiger charge is 2.19. The van der Waals surface area contributed by atoms with Gasteiger partial charge in [-0.15, -0.1) is 0 Å². The lowest BCUT2D eigenvalue weighted by Crippen LogP contribution is -1.98. The third-order valence-electron chi connectivity index (χ3n) is 2.89. The number of benzene rings is 1. The molecule has 2 rings (SSSR count). The lowest BCUT2D eigenvalue weighted by atomic mass is 9.97. The Morgan fingerprint density at radius 3 is 2.39 bits per heavy atom. The lowest BCUT2D eigenvalue weighted by Gasteiger charge is -2.15. The maximum atomic E-state index is 5.79. The molecule has 0 aliphatic rings. The molecule has 0 bridgehead atoms. The molecule has 1 heterocycles. The highest BCUT2D eigenvalue weighted by atomic mass is 16.5. The first-order valence-corrected chi connectivity index (χ1v) is 5.67. The SMILES string of the molecule is CCc1c(OC)ccc(OC)c1-c1cnoc1N. The normalized spacial score (nSPS) is 10.4. The molecule has 0 saturated heterocycles. The van der Waals surface area contributed by atoms with Crippen molar-refractivity contribution in [1.29, 1.82) is 0 Å². The van der Waals surface area contributed by atoms with Gasteiger partial charge in [0, 0.05) is 11.1 Å². The van der Waals surface area contributed by atoms with Gasteiger partial charge in [0.1, 0.15) is 11.5 Å². The summed E-state index contributed by atoms with van der Waals surface area (Å²) in [5, 5.41) is 3.71. The molecule has 0 fully saturated rings. The highest BCUT2D eigenvalue weighted by Crippen LogP contribution is 2.41. The summed E-state index contributed by atoms with van der Waals surface area (Å²) in [6.07, 6.45) is 2.38. The molecule has 0 unspecified atom stereocenters. The minimum atomic E-state index is 0.274. The maximum absolute atomic E-state index is 5.79. The fourth-order valence-electron chi connectivity index (χ4n) is 2.05. The first kappa shape index (κ1) is 12.3. The van der Waals surface area contributed by atoms with E-state index in [2.05, 4.69) is 5.16 Å². The Morgan fingerprint density at radius 1 is 1.22 bits per heavy atom. The van der Waals surface area contributed by atoms with E-state index in [4.69, 9.17) is 19.7 Å². The van der Waals surface area contributed by atoms with Crippen LogP contribution in [-0.4, -0.2) is 19.4 Å². The molecule has 1 aromatic heterocycles. The number of anilines is 1. The Labute approximate surface area is 105 Å². The molecule has 5 heteroatoms. The van der Waals surface area contributed by atoms with Crippen LogP contribution < -0.4 is 15.2 Å². The molecule has 0 radical (unpaired) electrons. The third kappa shape index (κ3) is 1.88. The van der Waals surface area contributed by atoms with E-state index in [1.807, 2.05) is 19.1 Å². The second kappa shape index (κ2) is 5.00. The Hall–Kier alpha value is -2.17. The monoisotopic (exact) mass is 248 g/mol. The summed E-state index contributed by atoms with van der Waals surface area (Å²) in [4.78, 5) is 0. The minimum Gasteiger partial charge on any atom is -0.496 e. The van der Waals surface area contributed by atoms with Crippen LogP contribution in [0.4, 0.5) is 5.88 Å². The number of ether oxygens (including phenoxy) is 2. The molecule has 0 spiro atoms. The number of rotatable bonds is 4. The number of hydrogen-bond acceptors (Lipinski definition) is 5. The Balaban J connectivity index is 2.73. The minimum absolute atomic E-state index is 0.274. The van der Waals surface area contributed by atoms with Gasteiger partial charge in [0.25, 0.3) is 0 Å². The summed E-state index contributed by atoms with van der Waals surface area (Å²) in [6.45, 7) is 2.05. The summed E-state index contributed by atoms with van der Waals surface area (Å²) in [5.74, 6) is 1.80. The molecule has 0 atom stereocenters. The molecular weight excluding hydrogens is 232 g/mol. The second-order valence-electron chi connectivity index (χ2n) is 3.78. The maximum Gasteiger partial charge on any atom is 0.230 e. The van der Waals surface area contributed by atoms with Crippen LogP contribution in [0.15, 0.2) is 22.9 Å². The number of hydrogen-bond donors (Lipinski definition) is 1. The molecule has 0 saturated carbocycles. The van der Waals surface area contributed by atoms with Crippen molar-refractivity contribution in [3.8, 4) is 22.6 Å². The van der Waals surface area contributed by atoms with Crippen molar-refractivity contribution in [1.82, 2.24) is 5.16 Å². The van der Waals surface area contributed by atoms with Crippen molar-refractivity contribution in [2.75, 3.05) is 20.0 Å². The molecule has 5 nitrogen and oxygen atoms in total. The van der Waals surface area contributed by atoms with Gasteiger partial charge in [0.15, 0.2) is 0 Å². The van der Waals surface area contributed by atoms with Gasteiger partial charge in [-0.3, -0.25) is 0 Å². The van der Waals surface area contributed by atoms with E-state index in [0.717, 1.165) is 34.6 Å². The largest absolute Gasteiger partial charge is 0.496 e. The molecule has 0 amide bonds. The van der Waals surface area contributed by atoms with Gasteiger partial charge in [-0.05, 0) is 18.6 Å². The van der Waals surface area contributed by atoms with E-state index in [-0.39, 0.29) is 5.88 Å². The predicted molar refractivity (Wildman–Crippen MR) is 68.8 cm³/mol. The van der Waals surface area contributed by atoms with E-state index in [1.165, 1.54) is 0 Å². The predicted octanol–water partition coefficient (Wildman–Crippen LogP) is 2.50. The lowest BCUT2D eigenvalue weighted by molar-refractivity contribution is 0.400. The second-order valence-corrected chi connectivity index (χ2v) is 3.78. The number of nitrogens with two attached hydrogens (primary N) is 1. The van der Waals surface area contributed by atoms with Crippen molar-refractivity contribution in [3.63, 3.8) is 0 Å². The van der Waals surface area contributed by atoms with Crippen LogP contribution in [0.1, 0.15) is 12.5 Å². The van der Waals surface area contributed by atoms with E-state index in [0.29, 0.717) is 0 Å². The van der Waals surface area contributed by atoms with Gasteiger partial charge in [-0.2, -0.15) is 0 Å². The van der Waals surface area contributed by atoms with Crippen molar-refractivity contribution in [2.45, 2.75) is 13.3 Å². The molecule has 2 aromatic rings. The van der Waals surface area contributed by atoms with Crippen LogP contribution in [0, 0.1) is 0 Å². The van der Waals surface area contributed by atoms with E-state index < -0.39 is 0 Å². The zero-order valence-electron chi connectivity index (χ0n) is 10.7. The van der Waals surface area contributed by atoms with Crippen LogP contribution in [0.5, 0.6) is 11.5 Å². The smallest absolute Gasteiger partial charge is 0.230 e. The van der Waals surface area contributed by atoms with Crippen LogP contribution in [0.25, 0.3) is 11.1 Å². The van der Waals surface area contributed by atoms with Crippen molar-refractivity contribution in [3.05, 3.63) is 23.9 Å². The summed E-state index contributed by atoms with van der Waals surface area (Å²) < 4.78 is 15.7. The summed E-state index contributed by atoms with van der Waals surface area (Å²) in [6, 6.07) is 3.73. The van der Waals surface area contributed by atoms with Crippen molar-refractivity contribution in [2.24, 2.45) is 0 Å². The fraction of sp³-hybridized carbons (Fsp3) is 0.308. The van der Waals surface area contributed by atoms with E-state index in [9.17, 15) is 0 Å². The summed E-state index contributed by atoms with van der Waals surface area (Å²) in [7, 11) is 3.26. The number of aromatic nitrogens is 1. The molecule has 2 N–H and O–H groups in total. The first-order chi connectivity index (χ1) is 8.72. The molecule has 0 aliphatic heterocycles. The topological polar surface area (TPSA) is 70.5 Å². The summed E-state index contributed by atoms with van der Waals surface area (Å²) in [5.41, 5.74) is 8.40. The number of methoxy groups -OCH3 is 2. The fourth-order valence-corrected chi connectivity index (χ4v) is 2.05. The number of nitrogen functional groups attached to an aromatic ring is 1. The number of nitrogens with zero attached hydrogens (tertiary/aromatic N) is 1. The average Bonchev–Trinajstić information content (AvgIpc) is 2.82. The van der Waals surface area contributed by atoms with Gasteiger partial charge in [0.2, 0.25) is 5.88 Å². The summed E-state index contributed by atoms with van der Waals surface area (Å²) >= 11 is 0. The zero-order valence-corrected chi connectivity index (χ0v) is 10.7. The van der Waals surface area contributed by atoms with Gasteiger partial charge < -0.3 is 19.7 Å². The van der Waals surface area contributed by atoms with Gasteiger partial charge in [0.05, 0.1) is 26.0 Å². The molecule has 18 heavy (non-hydrogen) atoms. The molecular formula is C13H16N2O3. The standard InChI is InChI=1S/C13H16N2O3/c1-4-8-10(16-2)5-6-11(17-3)12(8)9-7-15-18-13(9)14/h5-7H,4,14H2,1-3H3.